The molecule has 1 aromatic carbocycles. The summed E-state index contributed by atoms with van der Waals surface area (Å²) < 4.78 is 37.3. The molecule has 2 rings (SSSR count). The third-order valence-corrected chi connectivity index (χ3v) is 3.61. The van der Waals surface area contributed by atoms with Crippen LogP contribution < -0.4 is 10.6 Å². The van der Waals surface area contributed by atoms with Crippen molar-refractivity contribution >= 4 is 17.6 Å². The number of amides is 3. The molecule has 1 atom stereocenters. The first kappa shape index (κ1) is 17.1. The molecule has 1 heterocycles. The molecule has 1 saturated heterocycles. The summed E-state index contributed by atoms with van der Waals surface area (Å²) in [7, 11) is 0. The molecule has 1 unspecified atom stereocenters. The highest BCUT2D eigenvalue weighted by molar-refractivity contribution is 5.93. The lowest BCUT2D eigenvalue weighted by Gasteiger charge is -2.21. The normalized spacial score (nSPS) is 16.1. The number of nitrogens with zero attached hydrogens (tertiary/aromatic N) is 1. The van der Waals surface area contributed by atoms with E-state index < -0.39 is 23.8 Å². The summed E-state index contributed by atoms with van der Waals surface area (Å²) in [5.41, 5.74) is -0.572. The third-order valence-electron chi connectivity index (χ3n) is 3.61. The van der Waals surface area contributed by atoms with E-state index in [1.807, 2.05) is 0 Å². The summed E-state index contributed by atoms with van der Waals surface area (Å²) in [6, 6.07) is 2.76. The number of nitrogens with one attached hydrogen (secondary N) is 2. The van der Waals surface area contributed by atoms with Crippen LogP contribution >= 0.6 is 0 Å². The molecule has 0 spiro atoms. The molecule has 1 fully saturated rings. The van der Waals surface area contributed by atoms with Gasteiger partial charge in [-0.1, -0.05) is 0 Å². The fourth-order valence-electron chi connectivity index (χ4n) is 2.38. The molecule has 0 saturated carbocycles. The molecule has 1 aliphatic heterocycles. The smallest absolute Gasteiger partial charge is 0.341 e. The van der Waals surface area contributed by atoms with Crippen LogP contribution in [0.2, 0.25) is 0 Å². The van der Waals surface area contributed by atoms with Crippen molar-refractivity contribution in [1.29, 1.82) is 0 Å². The van der Waals surface area contributed by atoms with E-state index in [2.05, 4.69) is 10.6 Å². The van der Waals surface area contributed by atoms with Gasteiger partial charge >= 0.3 is 12.2 Å². The summed E-state index contributed by atoms with van der Waals surface area (Å²) in [5.74, 6) is -0.162. The van der Waals surface area contributed by atoms with Crippen LogP contribution in [0.15, 0.2) is 24.3 Å². The third kappa shape index (κ3) is 4.61. The Balaban J connectivity index is 1.87. The SMILES string of the molecule is CC(NC(=O)Nc1ccc(C(F)(F)F)cc1)C(=O)N1CCCC1. The largest absolute Gasteiger partial charge is 0.416 e. The van der Waals surface area contributed by atoms with Crippen LogP contribution in [-0.4, -0.2) is 36.0 Å². The minimum Gasteiger partial charge on any atom is -0.341 e. The van der Waals surface area contributed by atoms with Crippen molar-refractivity contribution in [3.63, 3.8) is 0 Å². The van der Waals surface area contributed by atoms with Crippen molar-refractivity contribution in [3.8, 4) is 0 Å². The summed E-state index contributed by atoms with van der Waals surface area (Å²) in [6.07, 6.45) is -2.51. The number of anilines is 1. The highest BCUT2D eigenvalue weighted by Crippen LogP contribution is 2.29. The lowest BCUT2D eigenvalue weighted by atomic mass is 10.2. The predicted molar refractivity (Wildman–Crippen MR) is 78.9 cm³/mol. The average molecular weight is 329 g/mol. The zero-order chi connectivity index (χ0) is 17.0. The highest BCUT2D eigenvalue weighted by atomic mass is 19.4. The molecule has 5 nitrogen and oxygen atoms in total. The molecule has 1 aromatic rings. The topological polar surface area (TPSA) is 61.4 Å². The van der Waals surface area contributed by atoms with Crippen LogP contribution in [0.25, 0.3) is 0 Å². The van der Waals surface area contributed by atoms with Crippen LogP contribution in [0.1, 0.15) is 25.3 Å². The number of likely N-dealkylation sites (tertiary alicyclic amines) is 1. The number of benzene rings is 1. The Hall–Kier alpha value is -2.25. The Kier molecular flexibility index (Phi) is 5.12. The summed E-state index contributed by atoms with van der Waals surface area (Å²) >= 11 is 0. The van der Waals surface area contributed by atoms with Gasteiger partial charge in [0.1, 0.15) is 6.04 Å². The second-order valence-corrected chi connectivity index (χ2v) is 5.43. The van der Waals surface area contributed by atoms with Gasteiger partial charge < -0.3 is 15.5 Å². The maximum atomic E-state index is 12.4. The fourth-order valence-corrected chi connectivity index (χ4v) is 2.38. The first-order valence-electron chi connectivity index (χ1n) is 7.31. The van der Waals surface area contributed by atoms with Gasteiger partial charge in [0.05, 0.1) is 5.56 Å². The van der Waals surface area contributed by atoms with Crippen molar-refractivity contribution < 1.29 is 22.8 Å². The van der Waals surface area contributed by atoms with Crippen LogP contribution in [0.4, 0.5) is 23.7 Å². The second-order valence-electron chi connectivity index (χ2n) is 5.43. The monoisotopic (exact) mass is 329 g/mol. The maximum Gasteiger partial charge on any atom is 0.416 e. The van der Waals surface area contributed by atoms with Gasteiger partial charge in [0.2, 0.25) is 5.91 Å². The molecular weight excluding hydrogens is 311 g/mol. The Morgan fingerprint density at radius 3 is 2.22 bits per heavy atom. The van der Waals surface area contributed by atoms with Gasteiger partial charge in [0.15, 0.2) is 0 Å². The number of halogens is 3. The van der Waals surface area contributed by atoms with Crippen molar-refractivity contribution in [3.05, 3.63) is 29.8 Å². The fraction of sp³-hybridized carbons (Fsp3) is 0.467. The first-order chi connectivity index (χ1) is 10.8. The minimum absolute atomic E-state index is 0.162. The number of alkyl halides is 3. The quantitative estimate of drug-likeness (QED) is 0.896. The Morgan fingerprint density at radius 2 is 1.70 bits per heavy atom. The van der Waals surface area contributed by atoms with Gasteiger partial charge in [0, 0.05) is 18.8 Å². The van der Waals surface area contributed by atoms with Crippen LogP contribution in [0.5, 0.6) is 0 Å². The Bertz CT molecular complexity index is 566. The lowest BCUT2D eigenvalue weighted by Crippen LogP contribution is -2.47. The van der Waals surface area contributed by atoms with Crippen LogP contribution in [0.3, 0.4) is 0 Å². The predicted octanol–water partition coefficient (Wildman–Crippen LogP) is 2.84. The van der Waals surface area contributed by atoms with Crippen LogP contribution in [-0.2, 0) is 11.0 Å². The number of carbonyl (C=O) groups excluding carboxylic acids is 2. The van der Waals surface area contributed by atoms with Gasteiger partial charge in [0.25, 0.3) is 0 Å². The molecule has 0 radical (unpaired) electrons. The molecule has 3 amide bonds. The summed E-state index contributed by atoms with van der Waals surface area (Å²) in [6.45, 7) is 2.95. The van der Waals surface area contributed by atoms with E-state index in [4.69, 9.17) is 0 Å². The minimum atomic E-state index is -4.42. The molecule has 0 aromatic heterocycles. The van der Waals surface area contributed by atoms with Crippen molar-refractivity contribution in [2.45, 2.75) is 32.0 Å². The van der Waals surface area contributed by atoms with E-state index in [1.165, 1.54) is 0 Å². The molecule has 0 bridgehead atoms. The van der Waals surface area contributed by atoms with Crippen molar-refractivity contribution in [2.24, 2.45) is 0 Å². The van der Waals surface area contributed by atoms with Crippen LogP contribution in [0, 0.1) is 0 Å². The molecule has 8 heteroatoms. The van der Waals surface area contributed by atoms with Crippen molar-refractivity contribution in [2.75, 3.05) is 18.4 Å². The van der Waals surface area contributed by atoms with E-state index in [1.54, 1.807) is 11.8 Å². The summed E-state index contributed by atoms with van der Waals surface area (Å²) in [5, 5.41) is 4.90. The van der Waals surface area contributed by atoms with E-state index in [9.17, 15) is 22.8 Å². The Labute approximate surface area is 131 Å². The van der Waals surface area contributed by atoms with E-state index in [0.717, 1.165) is 37.1 Å². The zero-order valence-corrected chi connectivity index (χ0v) is 12.6. The van der Waals surface area contributed by atoms with Gasteiger partial charge in [-0.3, -0.25) is 4.79 Å². The maximum absolute atomic E-state index is 12.4. The zero-order valence-electron chi connectivity index (χ0n) is 12.6. The summed E-state index contributed by atoms with van der Waals surface area (Å²) in [4.78, 5) is 25.5. The number of hydrogen-bond acceptors (Lipinski definition) is 2. The lowest BCUT2D eigenvalue weighted by molar-refractivity contribution is -0.137. The van der Waals surface area contributed by atoms with E-state index in [-0.39, 0.29) is 11.6 Å². The molecule has 2 N–H and O–H groups in total. The second kappa shape index (κ2) is 6.89. The molecular formula is C15H18F3N3O2. The first-order valence-corrected chi connectivity index (χ1v) is 7.31. The van der Waals surface area contributed by atoms with Gasteiger partial charge in [-0.15, -0.1) is 0 Å². The molecule has 23 heavy (non-hydrogen) atoms. The standard InChI is InChI=1S/C15H18F3N3O2/c1-10(13(22)21-8-2-3-9-21)19-14(23)20-12-6-4-11(5-7-12)15(16,17)18/h4-7,10H,2-3,8-9H2,1H3,(H2,19,20,23). The number of urea groups is 1. The number of carbonyl (C=O) groups is 2. The molecule has 1 aliphatic rings. The van der Waals surface area contributed by atoms with E-state index in [0.29, 0.717) is 13.1 Å². The number of rotatable bonds is 3. The Morgan fingerprint density at radius 1 is 1.13 bits per heavy atom. The highest BCUT2D eigenvalue weighted by Gasteiger charge is 2.30. The molecule has 126 valence electrons. The van der Waals surface area contributed by atoms with Gasteiger partial charge in [-0.2, -0.15) is 13.2 Å². The van der Waals surface area contributed by atoms with Gasteiger partial charge in [-0.25, -0.2) is 4.79 Å². The molecule has 0 aliphatic carbocycles. The average Bonchev–Trinajstić information content (AvgIpc) is 3.00. The van der Waals surface area contributed by atoms with Gasteiger partial charge in [-0.05, 0) is 44.0 Å². The van der Waals surface area contributed by atoms with E-state index >= 15 is 0 Å². The van der Waals surface area contributed by atoms with Crippen molar-refractivity contribution in [1.82, 2.24) is 10.2 Å². The number of hydrogen-bond donors (Lipinski definition) is 2.